The zero-order chi connectivity index (χ0) is 9.97. The van der Waals surface area contributed by atoms with Gasteiger partial charge >= 0.3 is 6.08 Å². The van der Waals surface area contributed by atoms with E-state index in [2.05, 4.69) is 11.2 Å². The molecule has 1 radical (unpaired) electrons. The van der Waals surface area contributed by atoms with Crippen LogP contribution in [0.2, 0.25) is 10.0 Å². The predicted molar refractivity (Wildman–Crippen MR) is 51.9 cm³/mol. The Morgan fingerprint density at radius 3 is 2.93 bits per heavy atom. The van der Waals surface area contributed by atoms with Gasteiger partial charge in [-0.2, -0.15) is 4.98 Å². The van der Waals surface area contributed by atoms with Crippen LogP contribution >= 0.6 is 23.2 Å². The molecule has 2 aromatic rings. The molecule has 0 saturated heterocycles. The third-order valence-corrected chi connectivity index (χ3v) is 2.28. The highest BCUT2D eigenvalue weighted by Gasteiger charge is 2.08. The normalized spacial score (nSPS) is 10.1. The van der Waals surface area contributed by atoms with E-state index in [0.717, 1.165) is 0 Å². The van der Waals surface area contributed by atoms with Gasteiger partial charge in [-0.05, 0) is 12.1 Å². The zero-order valence-corrected chi connectivity index (χ0v) is 8.34. The van der Waals surface area contributed by atoms with E-state index in [9.17, 15) is 0 Å². The maximum absolute atomic E-state index is 5.87. The minimum atomic E-state index is 0.0779. The van der Waals surface area contributed by atoms with Crippen LogP contribution in [0.1, 0.15) is 0 Å². The number of benzene rings is 1. The Hall–Kier alpha value is -1.19. The molecule has 0 fully saturated rings. The lowest BCUT2D eigenvalue weighted by molar-refractivity contribution is 0.331. The van der Waals surface area contributed by atoms with E-state index < -0.39 is 0 Å². The molecule has 0 unspecified atom stereocenters. The summed E-state index contributed by atoms with van der Waals surface area (Å²) in [4.78, 5) is 3.67. The average molecular weight is 229 g/mol. The molecule has 1 aromatic carbocycles. The molecule has 0 aliphatic heterocycles. The minimum absolute atomic E-state index is 0.0779. The van der Waals surface area contributed by atoms with Crippen LogP contribution in [-0.2, 0) is 0 Å². The molecule has 0 spiro atoms. The molecule has 71 valence electrons. The highest BCUT2D eigenvalue weighted by Crippen LogP contribution is 2.33. The lowest BCUT2D eigenvalue weighted by Crippen LogP contribution is -1.85. The number of rotatable bonds is 2. The number of ether oxygens (including phenoxy) is 1. The van der Waals surface area contributed by atoms with E-state index in [1.807, 2.05) is 0 Å². The molecule has 0 bridgehead atoms. The second-order valence-corrected chi connectivity index (χ2v) is 3.18. The number of oxazole rings is 1. The first-order chi connectivity index (χ1) is 6.77. The Labute approximate surface area is 90.2 Å². The third kappa shape index (κ3) is 1.84. The minimum Gasteiger partial charge on any atom is -0.417 e. The Bertz CT molecular complexity index is 428. The van der Waals surface area contributed by atoms with Gasteiger partial charge in [-0.3, -0.25) is 0 Å². The zero-order valence-electron chi connectivity index (χ0n) is 6.83. The van der Waals surface area contributed by atoms with Gasteiger partial charge in [-0.15, -0.1) is 0 Å². The molecule has 0 N–H and O–H groups in total. The van der Waals surface area contributed by atoms with Crippen molar-refractivity contribution in [3.8, 4) is 11.8 Å². The van der Waals surface area contributed by atoms with Gasteiger partial charge in [0.2, 0.25) is 0 Å². The lowest BCUT2D eigenvalue weighted by atomic mass is 10.3. The molecule has 14 heavy (non-hydrogen) atoms. The van der Waals surface area contributed by atoms with Crippen molar-refractivity contribution in [2.75, 3.05) is 0 Å². The molecule has 0 amide bonds. The second-order valence-electron chi connectivity index (χ2n) is 2.40. The molecule has 0 atom stereocenters. The van der Waals surface area contributed by atoms with Gasteiger partial charge in [0.15, 0.2) is 5.75 Å². The average Bonchev–Trinajstić information content (AvgIpc) is 2.66. The highest BCUT2D eigenvalue weighted by molar-refractivity contribution is 6.42. The summed E-state index contributed by atoms with van der Waals surface area (Å²) < 4.78 is 10.0. The molecule has 0 saturated carbocycles. The van der Waals surface area contributed by atoms with Crippen molar-refractivity contribution < 1.29 is 9.15 Å². The summed E-state index contributed by atoms with van der Waals surface area (Å²) in [5.41, 5.74) is 0. The second kappa shape index (κ2) is 3.90. The molecule has 5 heteroatoms. The number of nitrogens with zero attached hydrogens (tertiary/aromatic N) is 1. The number of hydrogen-bond donors (Lipinski definition) is 0. The van der Waals surface area contributed by atoms with E-state index in [-0.39, 0.29) is 6.08 Å². The van der Waals surface area contributed by atoms with Crippen molar-refractivity contribution in [3.63, 3.8) is 0 Å². The first-order valence-corrected chi connectivity index (χ1v) is 4.46. The van der Waals surface area contributed by atoms with Crippen molar-refractivity contribution in [2.45, 2.75) is 0 Å². The maximum atomic E-state index is 5.87. The molecule has 0 aliphatic carbocycles. The number of hydrogen-bond acceptors (Lipinski definition) is 3. The van der Waals surface area contributed by atoms with E-state index >= 15 is 0 Å². The van der Waals surface area contributed by atoms with Gasteiger partial charge in [-0.25, -0.2) is 0 Å². The number of halogens is 2. The topological polar surface area (TPSA) is 35.3 Å². The molecule has 1 aromatic heterocycles. The van der Waals surface area contributed by atoms with Crippen molar-refractivity contribution in [1.29, 1.82) is 0 Å². The van der Waals surface area contributed by atoms with Crippen molar-refractivity contribution in [3.05, 3.63) is 40.7 Å². The van der Waals surface area contributed by atoms with Gasteiger partial charge < -0.3 is 9.15 Å². The van der Waals surface area contributed by atoms with E-state index in [4.69, 9.17) is 32.4 Å². The van der Waals surface area contributed by atoms with Gasteiger partial charge in [0.25, 0.3) is 0 Å². The van der Waals surface area contributed by atoms with E-state index in [0.29, 0.717) is 15.8 Å². The fraction of sp³-hybridized carbons (Fsp3) is 0. The van der Waals surface area contributed by atoms with Crippen molar-refractivity contribution >= 4 is 23.2 Å². The summed E-state index contributed by atoms with van der Waals surface area (Å²) in [6, 6.07) is 5.05. The monoisotopic (exact) mass is 228 g/mol. The van der Waals surface area contributed by atoms with Crippen molar-refractivity contribution in [1.82, 2.24) is 4.98 Å². The quantitative estimate of drug-likeness (QED) is 0.789. The summed E-state index contributed by atoms with van der Waals surface area (Å²) >= 11 is 11.7. The van der Waals surface area contributed by atoms with Crippen LogP contribution in [0.25, 0.3) is 0 Å². The molecule has 3 nitrogen and oxygen atoms in total. The summed E-state index contributed by atoms with van der Waals surface area (Å²) in [7, 11) is 0. The van der Waals surface area contributed by atoms with Crippen LogP contribution in [-0.4, -0.2) is 4.98 Å². The molecular weight excluding hydrogens is 225 g/mol. The van der Waals surface area contributed by atoms with Crippen LogP contribution in [0.5, 0.6) is 11.8 Å². The van der Waals surface area contributed by atoms with Crippen molar-refractivity contribution in [2.24, 2.45) is 0 Å². The fourth-order valence-electron chi connectivity index (χ4n) is 0.886. The Morgan fingerprint density at radius 1 is 1.36 bits per heavy atom. The third-order valence-electron chi connectivity index (χ3n) is 1.48. The molecular formula is C9H4Cl2NO2. The van der Waals surface area contributed by atoms with Crippen LogP contribution < -0.4 is 4.74 Å². The molecule has 1 heterocycles. The predicted octanol–water partition coefficient (Wildman–Crippen LogP) is 3.57. The van der Waals surface area contributed by atoms with Gasteiger partial charge in [0.05, 0.1) is 5.02 Å². The molecule has 2 rings (SSSR count). The first kappa shape index (κ1) is 9.37. The highest BCUT2D eigenvalue weighted by atomic mass is 35.5. The van der Waals surface area contributed by atoms with Gasteiger partial charge in [0, 0.05) is 0 Å². The van der Waals surface area contributed by atoms with Gasteiger partial charge in [0.1, 0.15) is 17.5 Å². The van der Waals surface area contributed by atoms with E-state index in [1.54, 1.807) is 18.2 Å². The van der Waals surface area contributed by atoms with Gasteiger partial charge in [-0.1, -0.05) is 29.3 Å². The fourth-order valence-corrected chi connectivity index (χ4v) is 1.22. The first-order valence-electron chi connectivity index (χ1n) is 3.71. The standard InChI is InChI=1S/C9H4Cl2NO2/c10-6-2-1-3-7(8(6)11)14-9-12-4-5-13-9/h1-3,5H. The summed E-state index contributed by atoms with van der Waals surface area (Å²) in [6.07, 6.45) is 3.83. The van der Waals surface area contributed by atoms with Crippen LogP contribution in [0.3, 0.4) is 0 Å². The van der Waals surface area contributed by atoms with Crippen LogP contribution in [0, 0.1) is 6.20 Å². The Kier molecular flexibility index (Phi) is 2.61. The summed E-state index contributed by atoms with van der Waals surface area (Å²) in [5.74, 6) is 0.398. The Morgan fingerprint density at radius 2 is 2.21 bits per heavy atom. The van der Waals surface area contributed by atoms with Crippen LogP contribution in [0.15, 0.2) is 28.9 Å². The lowest BCUT2D eigenvalue weighted by Gasteiger charge is -2.03. The summed E-state index contributed by atoms with van der Waals surface area (Å²) in [6.45, 7) is 0. The largest absolute Gasteiger partial charge is 0.417 e. The molecule has 0 aliphatic rings. The summed E-state index contributed by atoms with van der Waals surface area (Å²) in [5, 5.41) is 0.743. The SMILES string of the molecule is Clc1cccc(Oc2n[c]co2)c1Cl. The maximum Gasteiger partial charge on any atom is 0.399 e. The van der Waals surface area contributed by atoms with E-state index in [1.165, 1.54) is 6.26 Å². The smallest absolute Gasteiger partial charge is 0.399 e. The Balaban J connectivity index is 2.29. The number of aromatic nitrogens is 1. The van der Waals surface area contributed by atoms with Crippen LogP contribution in [0.4, 0.5) is 0 Å².